The fourth-order valence-corrected chi connectivity index (χ4v) is 5.50. The molecule has 0 aromatic heterocycles. The van der Waals surface area contributed by atoms with E-state index in [1.807, 2.05) is 44.2 Å². The molecule has 0 radical (unpaired) electrons. The molecule has 3 rings (SSSR count). The maximum absolute atomic E-state index is 13.7. The lowest BCUT2D eigenvalue weighted by molar-refractivity contribution is -0.141. The number of carbonyl (C=O) groups excluding carboxylic acids is 2. The van der Waals surface area contributed by atoms with Crippen molar-refractivity contribution < 1.29 is 22.4 Å². The molecule has 3 aromatic rings. The second kappa shape index (κ2) is 14.3. The largest absolute Gasteiger partial charge is 0.352 e. The van der Waals surface area contributed by atoms with Crippen LogP contribution in [-0.4, -0.2) is 50.0 Å². The van der Waals surface area contributed by atoms with Gasteiger partial charge in [-0.15, -0.1) is 0 Å². The summed E-state index contributed by atoms with van der Waals surface area (Å²) in [6.07, 6.45) is 1.59. The monoisotopic (exact) mass is 587 g/mol. The first-order chi connectivity index (χ1) is 18.9. The Morgan fingerprint density at radius 1 is 0.950 bits per heavy atom. The van der Waals surface area contributed by atoms with Crippen LogP contribution >= 0.6 is 11.6 Å². The predicted molar refractivity (Wildman–Crippen MR) is 157 cm³/mol. The number of nitrogens with zero attached hydrogens (tertiary/aromatic N) is 2. The van der Waals surface area contributed by atoms with E-state index >= 15 is 0 Å². The van der Waals surface area contributed by atoms with Gasteiger partial charge in [0.25, 0.3) is 0 Å². The van der Waals surface area contributed by atoms with Crippen molar-refractivity contribution in [2.24, 2.45) is 0 Å². The molecule has 2 amide bonds. The van der Waals surface area contributed by atoms with Crippen LogP contribution in [0.1, 0.15) is 37.8 Å². The molecule has 1 N–H and O–H groups in total. The number of benzene rings is 3. The molecule has 0 heterocycles. The van der Waals surface area contributed by atoms with Crippen molar-refractivity contribution in [1.29, 1.82) is 0 Å². The number of hydrogen-bond donors (Lipinski definition) is 1. The van der Waals surface area contributed by atoms with Crippen molar-refractivity contribution in [3.8, 4) is 0 Å². The zero-order valence-electron chi connectivity index (χ0n) is 22.9. The molecule has 0 bridgehead atoms. The number of amides is 2. The number of nitrogens with one attached hydrogen (secondary N) is 1. The third-order valence-electron chi connectivity index (χ3n) is 6.22. The van der Waals surface area contributed by atoms with Crippen LogP contribution in [0.5, 0.6) is 0 Å². The lowest BCUT2D eigenvalue weighted by atomic mass is 10.0. The maximum Gasteiger partial charge on any atom is 0.243 e. The zero-order valence-corrected chi connectivity index (χ0v) is 24.5. The van der Waals surface area contributed by atoms with Gasteiger partial charge in [-0.05, 0) is 61.7 Å². The highest BCUT2D eigenvalue weighted by molar-refractivity contribution is 7.92. The number of rotatable bonds is 13. The smallest absolute Gasteiger partial charge is 0.243 e. The second-order valence-corrected chi connectivity index (χ2v) is 12.3. The average molecular weight is 588 g/mol. The molecule has 0 aliphatic heterocycles. The van der Waals surface area contributed by atoms with Crippen LogP contribution in [0.25, 0.3) is 0 Å². The first kappa shape index (κ1) is 31.1. The van der Waals surface area contributed by atoms with Gasteiger partial charge in [-0.2, -0.15) is 0 Å². The Balaban J connectivity index is 1.87. The van der Waals surface area contributed by atoms with Crippen LogP contribution in [0.15, 0.2) is 78.9 Å². The molecule has 0 aliphatic rings. The van der Waals surface area contributed by atoms with Crippen LogP contribution in [0.4, 0.5) is 10.1 Å². The number of halogens is 2. The van der Waals surface area contributed by atoms with E-state index in [4.69, 9.17) is 11.6 Å². The molecule has 40 heavy (non-hydrogen) atoms. The van der Waals surface area contributed by atoms with Gasteiger partial charge >= 0.3 is 0 Å². The molecule has 1 atom stereocenters. The van der Waals surface area contributed by atoms with Gasteiger partial charge in [-0.3, -0.25) is 13.9 Å². The van der Waals surface area contributed by atoms with Crippen LogP contribution in [0.2, 0.25) is 5.02 Å². The molecule has 0 saturated carbocycles. The molecule has 0 saturated heterocycles. The summed E-state index contributed by atoms with van der Waals surface area (Å²) in [4.78, 5) is 28.7. The van der Waals surface area contributed by atoms with Gasteiger partial charge in [0.05, 0.1) is 11.9 Å². The Hall–Kier alpha value is -3.43. The molecule has 214 valence electrons. The van der Waals surface area contributed by atoms with Gasteiger partial charge in [-0.25, -0.2) is 12.8 Å². The lowest BCUT2D eigenvalue weighted by Crippen LogP contribution is -2.51. The number of hydrogen-bond acceptors (Lipinski definition) is 4. The Bertz CT molecular complexity index is 1390. The Morgan fingerprint density at radius 2 is 1.62 bits per heavy atom. The van der Waals surface area contributed by atoms with Gasteiger partial charge in [0, 0.05) is 37.0 Å². The Labute approximate surface area is 241 Å². The van der Waals surface area contributed by atoms with Crippen LogP contribution < -0.4 is 9.62 Å². The lowest BCUT2D eigenvalue weighted by Gasteiger charge is -2.32. The van der Waals surface area contributed by atoms with Crippen LogP contribution in [0, 0.1) is 5.82 Å². The van der Waals surface area contributed by atoms with Crippen molar-refractivity contribution in [2.45, 2.75) is 51.7 Å². The Morgan fingerprint density at radius 3 is 2.23 bits per heavy atom. The minimum Gasteiger partial charge on any atom is -0.352 e. The van der Waals surface area contributed by atoms with Crippen molar-refractivity contribution in [2.75, 3.05) is 17.1 Å². The summed E-state index contributed by atoms with van der Waals surface area (Å²) in [6, 6.07) is 20.7. The first-order valence-electron chi connectivity index (χ1n) is 13.1. The summed E-state index contributed by atoms with van der Waals surface area (Å²) in [7, 11) is -3.64. The van der Waals surface area contributed by atoms with E-state index in [-0.39, 0.29) is 50.2 Å². The molecular weight excluding hydrogens is 553 g/mol. The summed E-state index contributed by atoms with van der Waals surface area (Å²) in [6.45, 7) is 3.83. The minimum atomic E-state index is -3.64. The fraction of sp³-hybridized carbons (Fsp3) is 0.333. The predicted octanol–water partition coefficient (Wildman–Crippen LogP) is 5.19. The zero-order chi connectivity index (χ0) is 29.3. The van der Waals surface area contributed by atoms with Gasteiger partial charge in [-0.1, -0.05) is 60.1 Å². The van der Waals surface area contributed by atoms with Crippen LogP contribution in [0.3, 0.4) is 0 Å². The van der Waals surface area contributed by atoms with E-state index in [0.717, 1.165) is 11.8 Å². The summed E-state index contributed by atoms with van der Waals surface area (Å²) in [5, 5.41) is 3.32. The quantitative estimate of drug-likeness (QED) is 0.298. The molecular formula is C30H35ClFN3O4S. The van der Waals surface area contributed by atoms with Crippen molar-refractivity contribution >= 4 is 39.1 Å². The molecule has 7 nitrogen and oxygen atoms in total. The summed E-state index contributed by atoms with van der Waals surface area (Å²) < 4.78 is 39.9. The van der Waals surface area contributed by atoms with E-state index in [1.165, 1.54) is 21.3 Å². The highest BCUT2D eigenvalue weighted by atomic mass is 35.5. The number of anilines is 1. The summed E-state index contributed by atoms with van der Waals surface area (Å²) in [5.74, 6) is -1.02. The molecule has 0 fully saturated rings. The van der Waals surface area contributed by atoms with Crippen molar-refractivity contribution in [3.63, 3.8) is 0 Å². The SMILES string of the molecule is CC(C)NC(=O)[C@H](Cc1ccccc1)N(Cc1ccc(F)cc1)C(=O)CCCN(c1cccc(Cl)c1)S(C)(=O)=O. The molecule has 0 unspecified atom stereocenters. The maximum atomic E-state index is 13.7. The van der Waals surface area contributed by atoms with E-state index in [0.29, 0.717) is 16.3 Å². The Kier molecular flexibility index (Phi) is 11.1. The molecule has 3 aromatic carbocycles. The van der Waals surface area contributed by atoms with E-state index in [1.54, 1.807) is 36.4 Å². The van der Waals surface area contributed by atoms with Crippen molar-refractivity contribution in [1.82, 2.24) is 10.2 Å². The topological polar surface area (TPSA) is 86.8 Å². The minimum absolute atomic E-state index is 0.00592. The summed E-state index contributed by atoms with van der Waals surface area (Å²) in [5.41, 5.74) is 1.96. The molecule has 0 spiro atoms. The number of carbonyl (C=O) groups is 2. The van der Waals surface area contributed by atoms with E-state index in [2.05, 4.69) is 5.32 Å². The highest BCUT2D eigenvalue weighted by Crippen LogP contribution is 2.23. The van der Waals surface area contributed by atoms with Crippen molar-refractivity contribution in [3.05, 3.63) is 101 Å². The average Bonchev–Trinajstić information content (AvgIpc) is 2.89. The van der Waals surface area contributed by atoms with E-state index in [9.17, 15) is 22.4 Å². The third-order valence-corrected chi connectivity index (χ3v) is 7.65. The van der Waals surface area contributed by atoms with Gasteiger partial charge in [0.15, 0.2) is 0 Å². The fourth-order valence-electron chi connectivity index (χ4n) is 4.36. The van der Waals surface area contributed by atoms with E-state index < -0.39 is 21.9 Å². The third kappa shape index (κ3) is 9.34. The van der Waals surface area contributed by atoms with Crippen LogP contribution in [-0.2, 0) is 32.6 Å². The number of sulfonamides is 1. The van der Waals surface area contributed by atoms with Gasteiger partial charge in [0.2, 0.25) is 21.8 Å². The summed E-state index contributed by atoms with van der Waals surface area (Å²) >= 11 is 6.08. The first-order valence-corrected chi connectivity index (χ1v) is 15.3. The highest BCUT2D eigenvalue weighted by Gasteiger charge is 2.31. The second-order valence-electron chi connectivity index (χ2n) is 9.94. The van der Waals surface area contributed by atoms with Gasteiger partial charge in [0.1, 0.15) is 11.9 Å². The van der Waals surface area contributed by atoms with Gasteiger partial charge < -0.3 is 10.2 Å². The standard InChI is InChI=1S/C30H35ClFN3O4S/c1-22(2)33-30(37)28(19-23-9-5-4-6-10-23)34(21-24-14-16-26(32)17-15-24)29(36)13-8-18-35(40(3,38)39)27-12-7-11-25(31)20-27/h4-7,9-12,14-17,20,22,28H,8,13,18-19,21H2,1-3H3,(H,33,37)/t28-/m0/s1. The normalized spacial score (nSPS) is 12.2. The molecule has 0 aliphatic carbocycles. The molecule has 10 heteroatoms.